The zero-order chi connectivity index (χ0) is 22.0. The Labute approximate surface area is 184 Å². The summed E-state index contributed by atoms with van der Waals surface area (Å²) >= 11 is 0. The first-order chi connectivity index (χ1) is 15.0. The van der Waals surface area contributed by atoms with Crippen molar-refractivity contribution in [3.8, 4) is 16.9 Å². The van der Waals surface area contributed by atoms with E-state index in [-0.39, 0.29) is 5.63 Å². The molecule has 2 aromatic carbocycles. The molecule has 1 saturated heterocycles. The van der Waals surface area contributed by atoms with Crippen LogP contribution in [0.4, 0.5) is 5.69 Å². The van der Waals surface area contributed by atoms with Gasteiger partial charge in [-0.2, -0.15) is 0 Å². The lowest BCUT2D eigenvalue weighted by Gasteiger charge is -2.23. The van der Waals surface area contributed by atoms with Crippen LogP contribution in [-0.4, -0.2) is 45.2 Å². The molecule has 1 aliphatic heterocycles. The molecule has 0 bridgehead atoms. The molecule has 3 aromatic rings. The first-order valence-electron chi connectivity index (χ1n) is 11.2. The number of benzene rings is 2. The number of fused-ring (bicyclic) bond motifs is 1. The maximum Gasteiger partial charge on any atom is 0.344 e. The minimum Gasteiger partial charge on any atom is -0.497 e. The Morgan fingerprint density at radius 3 is 2.68 bits per heavy atom. The monoisotopic (exact) mass is 420 g/mol. The van der Waals surface area contributed by atoms with Crippen molar-refractivity contribution < 1.29 is 9.15 Å². The summed E-state index contributed by atoms with van der Waals surface area (Å²) < 4.78 is 11.3. The molecule has 5 nitrogen and oxygen atoms in total. The molecule has 1 atom stereocenters. The second kappa shape index (κ2) is 9.15. The molecule has 164 valence electrons. The number of likely N-dealkylation sites (N-methyl/N-ethyl adjacent to an activating group) is 1. The Morgan fingerprint density at radius 2 is 1.90 bits per heavy atom. The van der Waals surface area contributed by atoms with Gasteiger partial charge in [0.1, 0.15) is 11.3 Å². The minimum atomic E-state index is -0.316. The number of ether oxygens (including phenoxy) is 1. The Bertz CT molecular complexity index is 1120. The number of nitrogens with zero attached hydrogens (tertiary/aromatic N) is 2. The highest BCUT2D eigenvalue weighted by Gasteiger charge is 2.16. The van der Waals surface area contributed by atoms with E-state index in [1.54, 1.807) is 7.11 Å². The van der Waals surface area contributed by atoms with Crippen molar-refractivity contribution in [2.24, 2.45) is 0 Å². The van der Waals surface area contributed by atoms with Gasteiger partial charge in [0.15, 0.2) is 0 Å². The third kappa shape index (κ3) is 4.62. The fraction of sp³-hybridized carbons (Fsp3) is 0.423. The van der Waals surface area contributed by atoms with Crippen LogP contribution in [0.3, 0.4) is 0 Å². The molecule has 0 aliphatic carbocycles. The summed E-state index contributed by atoms with van der Waals surface area (Å²) in [6.45, 7) is 8.49. The van der Waals surface area contributed by atoms with E-state index in [2.05, 4.69) is 48.9 Å². The number of methoxy groups -OCH3 is 1. The van der Waals surface area contributed by atoms with Gasteiger partial charge < -0.3 is 19.0 Å². The van der Waals surface area contributed by atoms with Gasteiger partial charge in [0.25, 0.3) is 0 Å². The van der Waals surface area contributed by atoms with Crippen molar-refractivity contribution in [3.63, 3.8) is 0 Å². The second-order valence-electron chi connectivity index (χ2n) is 8.62. The van der Waals surface area contributed by atoms with Gasteiger partial charge in [-0.25, -0.2) is 4.79 Å². The summed E-state index contributed by atoms with van der Waals surface area (Å²) in [6.07, 6.45) is 2.15. The van der Waals surface area contributed by atoms with E-state index in [0.29, 0.717) is 17.1 Å². The van der Waals surface area contributed by atoms with E-state index in [1.807, 2.05) is 24.3 Å². The fourth-order valence-electron chi connectivity index (χ4n) is 4.22. The SMILES string of the molecule is CCC(C)c1cc(OC)cc(-c2cc3ccc(N4CCCN(C)CC4)cc3oc2=O)c1. The topological polar surface area (TPSA) is 45.9 Å². The standard InChI is InChI=1S/C26H32N2O3/c1-5-18(2)20-13-21(15-23(14-20)30-4)24-16-19-7-8-22(17-25(19)31-26(24)29)28-10-6-9-27(3)11-12-28/h7-8,13-18H,5-6,9-12H2,1-4H3. The average molecular weight is 421 g/mol. The number of hydrogen-bond acceptors (Lipinski definition) is 5. The predicted molar refractivity (Wildman–Crippen MR) is 128 cm³/mol. The van der Waals surface area contributed by atoms with Crippen molar-refractivity contribution in [3.05, 3.63) is 58.4 Å². The largest absolute Gasteiger partial charge is 0.497 e. The van der Waals surface area contributed by atoms with Crippen molar-refractivity contribution >= 4 is 16.7 Å². The molecule has 1 fully saturated rings. The lowest BCUT2D eigenvalue weighted by molar-refractivity contribution is 0.360. The predicted octanol–water partition coefficient (Wildman–Crippen LogP) is 5.12. The van der Waals surface area contributed by atoms with Crippen molar-refractivity contribution in [2.45, 2.75) is 32.6 Å². The van der Waals surface area contributed by atoms with Gasteiger partial charge in [-0.1, -0.05) is 19.9 Å². The van der Waals surface area contributed by atoms with Crippen LogP contribution < -0.4 is 15.3 Å². The van der Waals surface area contributed by atoms with Crippen LogP contribution in [-0.2, 0) is 0 Å². The molecule has 0 spiro atoms. The molecule has 0 amide bonds. The molecule has 0 radical (unpaired) electrons. The highest BCUT2D eigenvalue weighted by Crippen LogP contribution is 2.31. The second-order valence-corrected chi connectivity index (χ2v) is 8.62. The normalized spacial score (nSPS) is 16.3. The van der Waals surface area contributed by atoms with Crippen LogP contribution in [0.5, 0.6) is 5.75 Å². The summed E-state index contributed by atoms with van der Waals surface area (Å²) in [5.74, 6) is 1.14. The molecular weight excluding hydrogens is 388 g/mol. The first-order valence-corrected chi connectivity index (χ1v) is 11.2. The molecule has 4 rings (SSSR count). The van der Waals surface area contributed by atoms with E-state index in [4.69, 9.17) is 9.15 Å². The lowest BCUT2D eigenvalue weighted by atomic mass is 9.94. The van der Waals surface area contributed by atoms with E-state index in [9.17, 15) is 4.79 Å². The van der Waals surface area contributed by atoms with Crippen LogP contribution in [0.1, 0.15) is 38.2 Å². The smallest absolute Gasteiger partial charge is 0.344 e. The Morgan fingerprint density at radius 1 is 1.06 bits per heavy atom. The molecule has 1 unspecified atom stereocenters. The van der Waals surface area contributed by atoms with Gasteiger partial charge >= 0.3 is 5.63 Å². The van der Waals surface area contributed by atoms with Crippen LogP contribution in [0.2, 0.25) is 0 Å². The number of rotatable bonds is 5. The molecule has 1 aromatic heterocycles. The summed E-state index contributed by atoms with van der Waals surface area (Å²) in [5, 5.41) is 0.929. The van der Waals surface area contributed by atoms with Crippen LogP contribution in [0, 0.1) is 0 Å². The molecule has 5 heteroatoms. The van der Waals surface area contributed by atoms with Crippen LogP contribution >= 0.6 is 0 Å². The lowest BCUT2D eigenvalue weighted by Crippen LogP contribution is -2.28. The third-order valence-corrected chi connectivity index (χ3v) is 6.46. The van der Waals surface area contributed by atoms with Gasteiger partial charge in [0.05, 0.1) is 12.7 Å². The molecule has 0 N–H and O–H groups in total. The average Bonchev–Trinajstić information content (AvgIpc) is 3.01. The maximum absolute atomic E-state index is 12.9. The molecule has 1 aliphatic rings. The van der Waals surface area contributed by atoms with Crippen molar-refractivity contribution in [1.29, 1.82) is 0 Å². The Balaban J connectivity index is 1.72. The zero-order valence-corrected chi connectivity index (χ0v) is 19.0. The summed E-state index contributed by atoms with van der Waals surface area (Å²) in [6, 6.07) is 14.2. The van der Waals surface area contributed by atoms with E-state index in [0.717, 1.165) is 67.0 Å². The van der Waals surface area contributed by atoms with Crippen LogP contribution in [0.25, 0.3) is 22.1 Å². The first kappa shape index (κ1) is 21.4. The molecule has 0 saturated carbocycles. The molecule has 2 heterocycles. The highest BCUT2D eigenvalue weighted by atomic mass is 16.5. The maximum atomic E-state index is 12.9. The molecular formula is C26H32N2O3. The summed E-state index contributed by atoms with van der Waals surface area (Å²) in [5.41, 5.74) is 4.00. The summed E-state index contributed by atoms with van der Waals surface area (Å²) in [7, 11) is 3.82. The number of anilines is 1. The Kier molecular flexibility index (Phi) is 6.33. The van der Waals surface area contributed by atoms with Crippen molar-refractivity contribution in [1.82, 2.24) is 4.90 Å². The highest BCUT2D eigenvalue weighted by molar-refractivity contribution is 5.84. The van der Waals surface area contributed by atoms with Gasteiger partial charge in [0.2, 0.25) is 0 Å². The summed E-state index contributed by atoms with van der Waals surface area (Å²) in [4.78, 5) is 17.7. The van der Waals surface area contributed by atoms with Gasteiger partial charge in [-0.05, 0) is 73.8 Å². The number of hydrogen-bond donors (Lipinski definition) is 0. The van der Waals surface area contributed by atoms with E-state index >= 15 is 0 Å². The minimum absolute atomic E-state index is 0.316. The van der Waals surface area contributed by atoms with Gasteiger partial charge in [0, 0.05) is 36.8 Å². The van der Waals surface area contributed by atoms with Gasteiger partial charge in [-0.15, -0.1) is 0 Å². The van der Waals surface area contributed by atoms with E-state index in [1.165, 1.54) is 0 Å². The third-order valence-electron chi connectivity index (χ3n) is 6.46. The Hall–Kier alpha value is -2.79. The quantitative estimate of drug-likeness (QED) is 0.536. The zero-order valence-electron chi connectivity index (χ0n) is 19.0. The van der Waals surface area contributed by atoms with Crippen molar-refractivity contribution in [2.75, 3.05) is 45.2 Å². The van der Waals surface area contributed by atoms with Gasteiger partial charge in [-0.3, -0.25) is 0 Å². The van der Waals surface area contributed by atoms with E-state index < -0.39 is 0 Å². The molecule has 31 heavy (non-hydrogen) atoms. The fourth-order valence-corrected chi connectivity index (χ4v) is 4.22. The van der Waals surface area contributed by atoms with Crippen LogP contribution in [0.15, 0.2) is 51.7 Å².